The van der Waals surface area contributed by atoms with E-state index >= 15 is 8.78 Å². The maximum Gasteiger partial charge on any atom is 0.270 e. The van der Waals surface area contributed by atoms with Crippen molar-refractivity contribution in [2.75, 3.05) is 52.0 Å². The van der Waals surface area contributed by atoms with Crippen molar-refractivity contribution in [3.8, 4) is 11.5 Å². The fraction of sp³-hybridized carbons (Fsp3) is 0.400. The maximum absolute atomic E-state index is 15.4. The molecule has 5 rings (SSSR count). The van der Waals surface area contributed by atoms with Crippen molar-refractivity contribution in [2.24, 2.45) is 10.4 Å². The number of carbonyl (C=O) groups is 1. The van der Waals surface area contributed by atoms with E-state index < -0.39 is 33.6 Å². The molecule has 42 heavy (non-hydrogen) atoms. The van der Waals surface area contributed by atoms with Crippen molar-refractivity contribution in [3.63, 3.8) is 0 Å². The van der Waals surface area contributed by atoms with Crippen molar-refractivity contribution in [3.05, 3.63) is 74.4 Å². The number of nitrogens with zero attached hydrogens (tertiary/aromatic N) is 4. The Balaban J connectivity index is 1.55. The molecule has 0 bridgehead atoms. The summed E-state index contributed by atoms with van der Waals surface area (Å²) in [6.45, 7) is 8.53. The number of nitro benzene ring substituents is 1. The average molecular weight is 583 g/mol. The number of halogens is 2. The van der Waals surface area contributed by atoms with Gasteiger partial charge < -0.3 is 19.1 Å². The van der Waals surface area contributed by atoms with Crippen LogP contribution in [0.15, 0.2) is 46.5 Å². The number of aliphatic imine (C=N–C) groups is 1. The van der Waals surface area contributed by atoms with E-state index in [0.717, 1.165) is 16.5 Å². The number of amides is 1. The third-order valence-electron chi connectivity index (χ3n) is 8.04. The van der Waals surface area contributed by atoms with E-state index in [-0.39, 0.29) is 23.7 Å². The topological polar surface area (TPSA) is 107 Å². The van der Waals surface area contributed by atoms with Gasteiger partial charge in [-0.15, -0.1) is 0 Å². The van der Waals surface area contributed by atoms with Crippen LogP contribution in [-0.4, -0.2) is 69.5 Å². The second kappa shape index (κ2) is 11.6. The first kappa shape index (κ1) is 29.3. The van der Waals surface area contributed by atoms with Gasteiger partial charge in [0, 0.05) is 49.9 Å². The molecule has 1 spiro atoms. The molecule has 0 aromatic heterocycles. The highest BCUT2D eigenvalue weighted by atomic mass is 19.1. The minimum absolute atomic E-state index is 0.0824. The molecule has 0 radical (unpaired) electrons. The molecule has 1 saturated carbocycles. The summed E-state index contributed by atoms with van der Waals surface area (Å²) in [4.78, 5) is 32.7. The van der Waals surface area contributed by atoms with Crippen molar-refractivity contribution >= 4 is 29.7 Å². The first-order valence-electron chi connectivity index (χ1n) is 13.5. The van der Waals surface area contributed by atoms with Gasteiger partial charge in [-0.05, 0) is 55.3 Å². The Bertz CT molecular complexity index is 1480. The van der Waals surface area contributed by atoms with E-state index in [2.05, 4.69) is 16.6 Å². The van der Waals surface area contributed by atoms with Crippen LogP contribution in [-0.2, 0) is 16.1 Å². The van der Waals surface area contributed by atoms with Crippen LogP contribution in [0.25, 0.3) is 5.70 Å². The Labute approximate surface area is 242 Å². The minimum Gasteiger partial charge on any atom is -0.493 e. The molecule has 2 aromatic rings. The maximum atomic E-state index is 15.4. The van der Waals surface area contributed by atoms with Gasteiger partial charge in [-0.25, -0.2) is 8.78 Å². The van der Waals surface area contributed by atoms with Gasteiger partial charge in [-0.1, -0.05) is 0 Å². The molecule has 0 atom stereocenters. The number of nitro groups is 1. The lowest BCUT2D eigenvalue weighted by molar-refractivity contribution is -0.385. The average Bonchev–Trinajstić information content (AvgIpc) is 3.78. The number of non-ortho nitro benzene ring substituents is 1. The van der Waals surface area contributed by atoms with Crippen LogP contribution in [0.2, 0.25) is 0 Å². The Hall–Kier alpha value is -4.16. The zero-order valence-electron chi connectivity index (χ0n) is 23.7. The SMILES string of the molecule is C=N/C(=C\C1=C(C)CN(c2c(F)c(OC)cc(OC)c2F)C(=O)C12CC2)c1cc(CN2CCOCC2)cc([N+](=O)[O-])c1. The Morgan fingerprint density at radius 3 is 2.33 bits per heavy atom. The van der Waals surface area contributed by atoms with E-state index in [1.165, 1.54) is 20.3 Å². The molecule has 2 aromatic carbocycles. The number of hydrogen-bond acceptors (Lipinski definition) is 8. The monoisotopic (exact) mass is 582 g/mol. The molecule has 3 aliphatic rings. The number of rotatable bonds is 9. The van der Waals surface area contributed by atoms with Crippen LogP contribution in [0.3, 0.4) is 0 Å². The summed E-state index contributed by atoms with van der Waals surface area (Å²) in [5, 5.41) is 11.8. The van der Waals surface area contributed by atoms with Crippen molar-refractivity contribution in [1.82, 2.24) is 4.90 Å². The van der Waals surface area contributed by atoms with Gasteiger partial charge in [-0.3, -0.25) is 24.8 Å². The van der Waals surface area contributed by atoms with Crippen LogP contribution in [0.4, 0.5) is 20.2 Å². The standard InChI is InChI=1S/C30H32F2N4O6/c1-18-16-35(28-26(31)24(40-3)15-25(41-4)27(28)32)29(37)30(5-6-30)22(18)14-23(33-2)20-11-19(12-21(13-20)36(38)39)17-34-7-9-42-10-8-34/h11-15H,2,5-10,16-17H2,1,3-4H3/b23-14-. The fourth-order valence-corrected chi connectivity index (χ4v) is 5.73. The second-order valence-electron chi connectivity index (χ2n) is 10.6. The van der Waals surface area contributed by atoms with Gasteiger partial charge in [0.15, 0.2) is 23.1 Å². The number of benzene rings is 2. The summed E-state index contributed by atoms with van der Waals surface area (Å²) >= 11 is 0. The lowest BCUT2D eigenvalue weighted by Crippen LogP contribution is -2.44. The van der Waals surface area contributed by atoms with E-state index in [1.807, 2.05) is 6.07 Å². The van der Waals surface area contributed by atoms with Gasteiger partial charge in [0.2, 0.25) is 5.91 Å². The fourth-order valence-electron chi connectivity index (χ4n) is 5.73. The number of carbonyl (C=O) groups excluding carboxylic acids is 1. The molecule has 0 unspecified atom stereocenters. The van der Waals surface area contributed by atoms with Crippen LogP contribution in [0.1, 0.15) is 30.9 Å². The highest BCUT2D eigenvalue weighted by Gasteiger charge is 2.57. The number of ether oxygens (including phenoxy) is 3. The summed E-state index contributed by atoms with van der Waals surface area (Å²) in [7, 11) is 2.50. The largest absolute Gasteiger partial charge is 0.493 e. The number of morpholine rings is 1. The van der Waals surface area contributed by atoms with Crippen LogP contribution in [0.5, 0.6) is 11.5 Å². The molecule has 2 fully saturated rings. The number of allylic oxidation sites excluding steroid dienone is 1. The van der Waals surface area contributed by atoms with Gasteiger partial charge in [0.05, 0.1) is 43.5 Å². The summed E-state index contributed by atoms with van der Waals surface area (Å²) in [6.07, 6.45) is 2.66. The predicted molar refractivity (Wildman–Crippen MR) is 153 cm³/mol. The molecule has 1 aliphatic carbocycles. The lowest BCUT2D eigenvalue weighted by Gasteiger charge is -2.35. The number of methoxy groups -OCH3 is 2. The molecule has 12 heteroatoms. The highest BCUT2D eigenvalue weighted by Crippen LogP contribution is 2.58. The lowest BCUT2D eigenvalue weighted by atomic mass is 9.84. The Morgan fingerprint density at radius 1 is 1.14 bits per heavy atom. The van der Waals surface area contributed by atoms with E-state index in [4.69, 9.17) is 14.2 Å². The highest BCUT2D eigenvalue weighted by molar-refractivity contribution is 6.04. The van der Waals surface area contributed by atoms with Gasteiger partial charge in [0.1, 0.15) is 5.69 Å². The van der Waals surface area contributed by atoms with Crippen LogP contribution in [0, 0.1) is 27.2 Å². The van der Waals surface area contributed by atoms with Crippen molar-refractivity contribution in [1.29, 1.82) is 0 Å². The van der Waals surface area contributed by atoms with Gasteiger partial charge in [0.25, 0.3) is 5.69 Å². The van der Waals surface area contributed by atoms with Gasteiger partial charge in [-0.2, -0.15) is 0 Å². The predicted octanol–water partition coefficient (Wildman–Crippen LogP) is 4.91. The summed E-state index contributed by atoms with van der Waals surface area (Å²) in [6, 6.07) is 5.91. The second-order valence-corrected chi connectivity index (χ2v) is 10.6. The zero-order valence-corrected chi connectivity index (χ0v) is 23.7. The van der Waals surface area contributed by atoms with E-state index in [1.54, 1.807) is 19.1 Å². The molecule has 1 amide bonds. The molecular formula is C30H32F2N4O6. The summed E-state index contributed by atoms with van der Waals surface area (Å²) in [5.41, 5.74) is 1.35. The molecule has 10 nitrogen and oxygen atoms in total. The molecule has 0 N–H and O–H groups in total. The molecule has 222 valence electrons. The van der Waals surface area contributed by atoms with Crippen LogP contribution < -0.4 is 14.4 Å². The molecular weight excluding hydrogens is 550 g/mol. The Morgan fingerprint density at radius 2 is 1.79 bits per heavy atom. The number of hydrogen-bond donors (Lipinski definition) is 0. The number of anilines is 1. The summed E-state index contributed by atoms with van der Waals surface area (Å²) in [5.74, 6) is -2.94. The van der Waals surface area contributed by atoms with Crippen molar-refractivity contribution < 1.29 is 32.7 Å². The minimum atomic E-state index is -1.01. The molecule has 2 aliphatic heterocycles. The van der Waals surface area contributed by atoms with E-state index in [0.29, 0.717) is 68.1 Å². The molecule has 1 saturated heterocycles. The smallest absolute Gasteiger partial charge is 0.270 e. The first-order chi connectivity index (χ1) is 20.1. The quantitative estimate of drug-likeness (QED) is 0.235. The third kappa shape index (κ3) is 5.27. The summed E-state index contributed by atoms with van der Waals surface area (Å²) < 4.78 is 46.3. The van der Waals surface area contributed by atoms with Crippen LogP contribution >= 0.6 is 0 Å². The van der Waals surface area contributed by atoms with Gasteiger partial charge >= 0.3 is 0 Å². The Kier molecular flexibility index (Phi) is 8.11. The zero-order chi connectivity index (χ0) is 30.2. The van der Waals surface area contributed by atoms with Crippen molar-refractivity contribution in [2.45, 2.75) is 26.3 Å². The first-order valence-corrected chi connectivity index (χ1v) is 13.5. The normalized spacial score (nSPS) is 18.8. The molecule has 2 heterocycles. The van der Waals surface area contributed by atoms with E-state index in [9.17, 15) is 14.9 Å². The third-order valence-corrected chi connectivity index (χ3v) is 8.04.